The first-order chi connectivity index (χ1) is 11.6. The van der Waals surface area contributed by atoms with Gasteiger partial charge in [-0.1, -0.05) is 11.6 Å². The second-order valence-corrected chi connectivity index (χ2v) is 6.89. The summed E-state index contributed by atoms with van der Waals surface area (Å²) in [5, 5.41) is 17.0. The number of aromatic hydroxyl groups is 1. The van der Waals surface area contributed by atoms with Crippen LogP contribution < -0.4 is 10.9 Å². The highest BCUT2D eigenvalue weighted by Crippen LogP contribution is 2.32. The Balaban J connectivity index is 1.63. The molecule has 0 aliphatic carbocycles. The fourth-order valence-electron chi connectivity index (χ4n) is 2.68. The summed E-state index contributed by atoms with van der Waals surface area (Å²) in [6, 6.07) is 13.0. The van der Waals surface area contributed by atoms with Gasteiger partial charge < -0.3 is 15.4 Å². The highest BCUT2D eigenvalue weighted by Gasteiger charge is 2.06. The van der Waals surface area contributed by atoms with Gasteiger partial charge in [0.25, 0.3) is 5.56 Å². The molecule has 24 heavy (non-hydrogen) atoms. The van der Waals surface area contributed by atoms with Gasteiger partial charge in [-0.2, -0.15) is 0 Å². The van der Waals surface area contributed by atoms with Crippen molar-refractivity contribution in [2.75, 3.05) is 5.32 Å². The third-order valence-electron chi connectivity index (χ3n) is 3.92. The molecule has 0 spiro atoms. The number of pyridine rings is 1. The summed E-state index contributed by atoms with van der Waals surface area (Å²) < 4.78 is 0.997. The lowest BCUT2D eigenvalue weighted by molar-refractivity contribution is 0.483. The number of H-pyrrole nitrogens is 1. The Morgan fingerprint density at radius 2 is 2.04 bits per heavy atom. The normalized spacial score (nSPS) is 11.2. The molecule has 120 valence electrons. The molecule has 0 fully saturated rings. The smallest absolute Gasteiger partial charge is 0.253 e. The van der Waals surface area contributed by atoms with E-state index < -0.39 is 0 Å². The minimum absolute atomic E-state index is 0.118. The first-order valence-electron chi connectivity index (χ1n) is 7.36. The Bertz CT molecular complexity index is 1120. The molecule has 2 aromatic heterocycles. The third kappa shape index (κ3) is 2.72. The predicted molar refractivity (Wildman–Crippen MR) is 100 cm³/mol. The van der Waals surface area contributed by atoms with Gasteiger partial charge >= 0.3 is 0 Å². The van der Waals surface area contributed by atoms with Crippen LogP contribution in [0.1, 0.15) is 5.56 Å². The second kappa shape index (κ2) is 5.85. The van der Waals surface area contributed by atoms with E-state index >= 15 is 0 Å². The molecule has 6 heteroatoms. The van der Waals surface area contributed by atoms with Crippen molar-refractivity contribution in [3.8, 4) is 5.75 Å². The Hall–Kier alpha value is -2.50. The maximum absolute atomic E-state index is 12.2. The number of fused-ring (bicyclic) bond motifs is 2. The minimum atomic E-state index is -0.118. The van der Waals surface area contributed by atoms with E-state index in [2.05, 4.69) is 10.3 Å². The van der Waals surface area contributed by atoms with E-state index in [-0.39, 0.29) is 5.56 Å². The van der Waals surface area contributed by atoms with Gasteiger partial charge in [0, 0.05) is 49.2 Å². The van der Waals surface area contributed by atoms with Crippen LogP contribution in [-0.4, -0.2) is 10.1 Å². The molecule has 2 heterocycles. The maximum Gasteiger partial charge on any atom is 0.253 e. The van der Waals surface area contributed by atoms with Gasteiger partial charge in [-0.05, 0) is 42.5 Å². The number of aromatic amines is 1. The van der Waals surface area contributed by atoms with Crippen molar-refractivity contribution in [3.63, 3.8) is 0 Å². The van der Waals surface area contributed by atoms with Crippen molar-refractivity contribution >= 4 is 49.6 Å². The average molecular weight is 357 g/mol. The molecule has 2 aromatic carbocycles. The molecule has 4 nitrogen and oxygen atoms in total. The van der Waals surface area contributed by atoms with Gasteiger partial charge in [0.2, 0.25) is 0 Å². The highest BCUT2D eigenvalue weighted by atomic mass is 35.5. The zero-order chi connectivity index (χ0) is 16.7. The van der Waals surface area contributed by atoms with Crippen LogP contribution >= 0.6 is 22.9 Å². The van der Waals surface area contributed by atoms with E-state index in [4.69, 9.17) is 11.6 Å². The number of anilines is 1. The lowest BCUT2D eigenvalue weighted by Gasteiger charge is -2.07. The number of benzene rings is 2. The number of thiophene rings is 1. The molecule has 0 unspecified atom stereocenters. The Morgan fingerprint density at radius 1 is 1.17 bits per heavy atom. The minimum Gasteiger partial charge on any atom is -0.506 e. The van der Waals surface area contributed by atoms with Gasteiger partial charge in [0.15, 0.2) is 0 Å². The monoisotopic (exact) mass is 356 g/mol. The van der Waals surface area contributed by atoms with Gasteiger partial charge in [0.1, 0.15) is 5.75 Å². The average Bonchev–Trinajstić information content (AvgIpc) is 2.94. The van der Waals surface area contributed by atoms with Crippen LogP contribution in [0.15, 0.2) is 52.6 Å². The first kappa shape index (κ1) is 15.1. The number of halogens is 1. The van der Waals surface area contributed by atoms with Crippen molar-refractivity contribution < 1.29 is 5.11 Å². The summed E-state index contributed by atoms with van der Waals surface area (Å²) in [4.78, 5) is 15.1. The van der Waals surface area contributed by atoms with Gasteiger partial charge in [-0.25, -0.2) is 0 Å². The van der Waals surface area contributed by atoms with Gasteiger partial charge in [-0.3, -0.25) is 4.79 Å². The quantitative estimate of drug-likeness (QED) is 0.498. The standard InChI is InChI=1S/C18H13ClN2O2S/c19-12-1-4-15-10(6-12)5-11(18(23)21-15)8-20-13-2-3-14-16(22)9-24-17(14)7-13/h1-7,9,20,22H,8H2,(H,21,23). The van der Waals surface area contributed by atoms with Gasteiger partial charge in [-0.15, -0.1) is 11.3 Å². The molecular formula is C18H13ClN2O2S. The largest absolute Gasteiger partial charge is 0.506 e. The van der Waals surface area contributed by atoms with Crippen molar-refractivity contribution in [1.29, 1.82) is 0 Å². The number of aromatic nitrogens is 1. The summed E-state index contributed by atoms with van der Waals surface area (Å²) in [5.41, 5.74) is 2.18. The SMILES string of the molecule is O=c1[nH]c2ccc(Cl)cc2cc1CNc1ccc2c(O)csc2c1. The Morgan fingerprint density at radius 3 is 2.92 bits per heavy atom. The van der Waals surface area contributed by atoms with Crippen LogP contribution in [0.3, 0.4) is 0 Å². The number of rotatable bonds is 3. The van der Waals surface area contributed by atoms with E-state index in [1.165, 1.54) is 11.3 Å². The maximum atomic E-state index is 12.2. The first-order valence-corrected chi connectivity index (χ1v) is 8.61. The van der Waals surface area contributed by atoms with Crippen LogP contribution in [-0.2, 0) is 6.54 Å². The van der Waals surface area contributed by atoms with Crippen molar-refractivity contribution in [2.45, 2.75) is 6.54 Å². The Kier molecular flexibility index (Phi) is 3.67. The van der Waals surface area contributed by atoms with E-state index in [0.717, 1.165) is 26.7 Å². The molecule has 3 N–H and O–H groups in total. The summed E-state index contributed by atoms with van der Waals surface area (Å²) in [6.07, 6.45) is 0. The number of nitrogens with one attached hydrogen (secondary N) is 2. The molecule has 0 saturated carbocycles. The zero-order valence-corrected chi connectivity index (χ0v) is 14.0. The van der Waals surface area contributed by atoms with Crippen molar-refractivity contribution in [1.82, 2.24) is 4.98 Å². The van der Waals surface area contributed by atoms with E-state index in [0.29, 0.717) is 22.9 Å². The lowest BCUT2D eigenvalue weighted by atomic mass is 10.1. The summed E-state index contributed by atoms with van der Waals surface area (Å²) >= 11 is 7.50. The molecule has 4 rings (SSSR count). The molecule has 0 radical (unpaired) electrons. The predicted octanol–water partition coefficient (Wildman–Crippen LogP) is 4.71. The van der Waals surface area contributed by atoms with E-state index in [1.54, 1.807) is 17.5 Å². The molecular weight excluding hydrogens is 344 g/mol. The molecule has 4 aromatic rings. The lowest BCUT2D eigenvalue weighted by Crippen LogP contribution is -2.15. The fraction of sp³-hybridized carbons (Fsp3) is 0.0556. The number of hydrogen-bond donors (Lipinski definition) is 3. The second-order valence-electron chi connectivity index (χ2n) is 5.54. The van der Waals surface area contributed by atoms with Crippen LogP contribution in [0.4, 0.5) is 5.69 Å². The Labute approximate surface area is 146 Å². The van der Waals surface area contributed by atoms with E-state index in [9.17, 15) is 9.90 Å². The summed E-state index contributed by atoms with van der Waals surface area (Å²) in [6.45, 7) is 0.403. The number of hydrogen-bond acceptors (Lipinski definition) is 4. The zero-order valence-electron chi connectivity index (χ0n) is 12.5. The van der Waals surface area contributed by atoms with Crippen LogP contribution in [0.25, 0.3) is 21.0 Å². The third-order valence-corrected chi connectivity index (χ3v) is 5.09. The topological polar surface area (TPSA) is 65.1 Å². The summed E-state index contributed by atoms with van der Waals surface area (Å²) in [7, 11) is 0. The molecule has 0 amide bonds. The fourth-order valence-corrected chi connectivity index (χ4v) is 3.72. The van der Waals surface area contributed by atoms with Gasteiger partial charge in [0.05, 0.1) is 0 Å². The van der Waals surface area contributed by atoms with Crippen LogP contribution in [0.5, 0.6) is 5.75 Å². The van der Waals surface area contributed by atoms with Crippen molar-refractivity contribution in [2.24, 2.45) is 0 Å². The highest BCUT2D eigenvalue weighted by molar-refractivity contribution is 7.17. The van der Waals surface area contributed by atoms with Crippen LogP contribution in [0, 0.1) is 0 Å². The van der Waals surface area contributed by atoms with Crippen molar-refractivity contribution in [3.05, 3.63) is 68.8 Å². The summed E-state index contributed by atoms with van der Waals surface area (Å²) in [5.74, 6) is 0.296. The molecule has 0 atom stereocenters. The van der Waals surface area contributed by atoms with E-state index in [1.807, 2.05) is 30.3 Å². The molecule has 0 saturated heterocycles. The van der Waals surface area contributed by atoms with Crippen LogP contribution in [0.2, 0.25) is 5.02 Å². The molecule has 0 bridgehead atoms. The molecule has 0 aliphatic rings. The molecule has 0 aliphatic heterocycles.